The van der Waals surface area contributed by atoms with E-state index in [-0.39, 0.29) is 40.9 Å². The van der Waals surface area contributed by atoms with Crippen LogP contribution in [0.1, 0.15) is 50.4 Å². The van der Waals surface area contributed by atoms with Gasteiger partial charge in [-0.25, -0.2) is 12.8 Å². The van der Waals surface area contributed by atoms with Gasteiger partial charge in [-0.05, 0) is 82.6 Å². The number of carbonyl (C=O) groups excluding carboxylic acids is 1. The maximum Gasteiger partial charge on any atom is 0.261 e. The minimum Gasteiger partial charge on any atom is -0.490 e. The molecule has 0 spiro atoms. The molecule has 9 nitrogen and oxygen atoms in total. The predicted octanol–water partition coefficient (Wildman–Crippen LogP) is 3.64. The number of anilines is 1. The van der Waals surface area contributed by atoms with Gasteiger partial charge in [0.05, 0.1) is 35.3 Å². The van der Waals surface area contributed by atoms with Gasteiger partial charge in [-0.1, -0.05) is 6.92 Å². The number of ether oxygens (including phenoxy) is 2. The van der Waals surface area contributed by atoms with Gasteiger partial charge in [0.15, 0.2) is 0 Å². The second-order valence-corrected chi connectivity index (χ2v) is 11.8. The highest BCUT2D eigenvalue weighted by molar-refractivity contribution is 7.92. The largest absolute Gasteiger partial charge is 0.490 e. The fraction of sp³-hybridized carbons (Fsp3) is 0.536. The second-order valence-electron chi connectivity index (χ2n) is 10.1. The van der Waals surface area contributed by atoms with E-state index < -0.39 is 27.8 Å². The zero-order chi connectivity index (χ0) is 28.6. The number of nitrogens with zero attached hydrogens (tertiary/aromatic N) is 1. The van der Waals surface area contributed by atoms with Gasteiger partial charge in [0, 0.05) is 31.3 Å². The Kier molecular flexibility index (Phi) is 11.1. The number of sulfonamides is 1. The van der Waals surface area contributed by atoms with Crippen LogP contribution in [-0.2, 0) is 14.8 Å². The van der Waals surface area contributed by atoms with Crippen LogP contribution in [-0.4, -0.2) is 75.9 Å². The van der Waals surface area contributed by atoms with E-state index in [9.17, 15) is 22.7 Å². The molecule has 1 aliphatic rings. The van der Waals surface area contributed by atoms with E-state index >= 15 is 0 Å². The summed E-state index contributed by atoms with van der Waals surface area (Å²) in [5, 5.41) is 13.1. The Labute approximate surface area is 230 Å². The van der Waals surface area contributed by atoms with Crippen LogP contribution in [0.2, 0.25) is 0 Å². The molecule has 3 rings (SSSR count). The van der Waals surface area contributed by atoms with Crippen LogP contribution in [0, 0.1) is 11.7 Å². The van der Waals surface area contributed by atoms with Crippen molar-refractivity contribution in [3.63, 3.8) is 0 Å². The minimum atomic E-state index is -4.04. The fourth-order valence-corrected chi connectivity index (χ4v) is 5.55. The third kappa shape index (κ3) is 8.38. The summed E-state index contributed by atoms with van der Waals surface area (Å²) in [7, 11) is -2.18. The van der Waals surface area contributed by atoms with Crippen LogP contribution in [0.5, 0.6) is 5.75 Å². The highest BCUT2D eigenvalue weighted by Gasteiger charge is 2.30. The molecule has 0 aliphatic carbocycles. The van der Waals surface area contributed by atoms with Crippen molar-refractivity contribution in [2.45, 2.75) is 63.2 Å². The van der Waals surface area contributed by atoms with Gasteiger partial charge in [0.25, 0.3) is 15.9 Å². The van der Waals surface area contributed by atoms with Gasteiger partial charge in [-0.2, -0.15) is 0 Å². The van der Waals surface area contributed by atoms with Crippen molar-refractivity contribution in [1.82, 2.24) is 10.2 Å². The van der Waals surface area contributed by atoms with Crippen LogP contribution >= 0.6 is 0 Å². The summed E-state index contributed by atoms with van der Waals surface area (Å²) in [5.74, 6) is -0.664. The number of carbonyl (C=O) groups is 1. The molecule has 0 saturated heterocycles. The first-order valence-electron chi connectivity index (χ1n) is 13.3. The Morgan fingerprint density at radius 1 is 1.15 bits per heavy atom. The van der Waals surface area contributed by atoms with Crippen molar-refractivity contribution in [2.24, 2.45) is 5.92 Å². The number of likely N-dealkylation sites (N-methyl/N-ethyl adjacent to an activating group) is 1. The quantitative estimate of drug-likeness (QED) is 0.469. The van der Waals surface area contributed by atoms with Crippen LogP contribution in [0.4, 0.5) is 10.1 Å². The van der Waals surface area contributed by atoms with Crippen LogP contribution in [0.25, 0.3) is 0 Å². The number of hydrogen-bond donors (Lipinski definition) is 3. The van der Waals surface area contributed by atoms with E-state index in [1.165, 1.54) is 24.3 Å². The lowest BCUT2D eigenvalue weighted by Gasteiger charge is -2.34. The van der Waals surface area contributed by atoms with Crippen molar-refractivity contribution in [3.8, 4) is 5.75 Å². The maximum atomic E-state index is 14.0. The Balaban J connectivity index is 2.02. The first kappa shape index (κ1) is 30.8. The standard InChI is InChI=1S/C28H40FN3O6S/c1-19-17-32(20(2)18-33)28(34)25-15-23(31-39(35,36)24-11-8-22(29)9-12-24)10-13-26(25)38-21(3)7-5-6-14-37-27(19)16-30-4/h8-13,15,19-21,27,30-31,33H,5-7,14,16-18H2,1-4H3/t19-,20+,21-,27+/m1/s1. The molecule has 11 heteroatoms. The van der Waals surface area contributed by atoms with Crippen molar-refractivity contribution >= 4 is 21.6 Å². The molecule has 1 heterocycles. The fourth-order valence-electron chi connectivity index (χ4n) is 4.51. The van der Waals surface area contributed by atoms with E-state index in [2.05, 4.69) is 10.0 Å². The number of benzene rings is 2. The third-order valence-electron chi connectivity index (χ3n) is 6.83. The molecule has 1 amide bonds. The monoisotopic (exact) mass is 565 g/mol. The highest BCUT2D eigenvalue weighted by Crippen LogP contribution is 2.29. The minimum absolute atomic E-state index is 0.0539. The van der Waals surface area contributed by atoms with Crippen LogP contribution in [0.3, 0.4) is 0 Å². The molecule has 0 fully saturated rings. The third-order valence-corrected chi connectivity index (χ3v) is 8.23. The average molecular weight is 566 g/mol. The predicted molar refractivity (Wildman–Crippen MR) is 148 cm³/mol. The summed E-state index contributed by atoms with van der Waals surface area (Å²) in [6.07, 6.45) is 2.17. The number of aliphatic hydroxyl groups is 1. The second kappa shape index (κ2) is 14.1. The molecular formula is C28H40FN3O6S. The van der Waals surface area contributed by atoms with Crippen LogP contribution < -0.4 is 14.8 Å². The van der Waals surface area contributed by atoms with Crippen molar-refractivity contribution < 1.29 is 32.2 Å². The van der Waals surface area contributed by atoms with Gasteiger partial charge in [0.2, 0.25) is 0 Å². The lowest BCUT2D eigenvalue weighted by molar-refractivity contribution is -0.000450. The first-order valence-corrected chi connectivity index (χ1v) is 14.8. The van der Waals surface area contributed by atoms with E-state index in [0.29, 0.717) is 25.4 Å². The molecule has 3 N–H and O–H groups in total. The van der Waals surface area contributed by atoms with Gasteiger partial charge in [0.1, 0.15) is 11.6 Å². The number of nitrogens with one attached hydrogen (secondary N) is 2. The summed E-state index contributed by atoms with van der Waals surface area (Å²) >= 11 is 0. The Morgan fingerprint density at radius 2 is 1.87 bits per heavy atom. The molecule has 216 valence electrons. The number of aliphatic hydroxyl groups excluding tert-OH is 1. The van der Waals surface area contributed by atoms with E-state index in [1.54, 1.807) is 17.9 Å². The highest BCUT2D eigenvalue weighted by atomic mass is 32.2. The number of hydrogen-bond acceptors (Lipinski definition) is 7. The molecular weight excluding hydrogens is 525 g/mol. The first-order chi connectivity index (χ1) is 18.6. The molecule has 0 aromatic heterocycles. The number of rotatable bonds is 7. The topological polar surface area (TPSA) is 117 Å². The normalized spacial score (nSPS) is 22.4. The van der Waals surface area contributed by atoms with Crippen LogP contribution in [0.15, 0.2) is 47.4 Å². The van der Waals surface area contributed by atoms with Gasteiger partial charge < -0.3 is 24.8 Å². The zero-order valence-electron chi connectivity index (χ0n) is 23.0. The Hall–Kier alpha value is -2.73. The van der Waals surface area contributed by atoms with Gasteiger partial charge in [-0.3, -0.25) is 9.52 Å². The lowest BCUT2D eigenvalue weighted by Crippen LogP contribution is -2.47. The van der Waals surface area contributed by atoms with Crippen molar-refractivity contribution in [2.75, 3.05) is 38.1 Å². The summed E-state index contributed by atoms with van der Waals surface area (Å²) in [6.45, 7) is 6.96. The molecule has 0 radical (unpaired) electrons. The zero-order valence-corrected chi connectivity index (χ0v) is 23.8. The molecule has 39 heavy (non-hydrogen) atoms. The molecule has 4 atom stereocenters. The van der Waals surface area contributed by atoms with E-state index in [0.717, 1.165) is 31.4 Å². The number of fused-ring (bicyclic) bond motifs is 1. The summed E-state index contributed by atoms with van der Waals surface area (Å²) in [4.78, 5) is 15.5. The molecule has 2 aromatic rings. The van der Waals surface area contributed by atoms with Gasteiger partial charge >= 0.3 is 0 Å². The molecule has 0 unspecified atom stereocenters. The molecule has 0 saturated carbocycles. The molecule has 0 bridgehead atoms. The molecule has 2 aromatic carbocycles. The SMILES string of the molecule is CNC[C@@H]1OCCCC[C@@H](C)Oc2ccc(NS(=O)(=O)c3ccc(F)cc3)cc2C(=O)N([C@@H](C)CO)C[C@H]1C. The maximum absolute atomic E-state index is 14.0. The Morgan fingerprint density at radius 3 is 2.54 bits per heavy atom. The summed E-state index contributed by atoms with van der Waals surface area (Å²) < 4.78 is 54.0. The number of amides is 1. The summed E-state index contributed by atoms with van der Waals surface area (Å²) in [6, 6.07) is 8.52. The smallest absolute Gasteiger partial charge is 0.261 e. The lowest BCUT2D eigenvalue weighted by atomic mass is 10.0. The van der Waals surface area contributed by atoms with Gasteiger partial charge in [-0.15, -0.1) is 0 Å². The van der Waals surface area contributed by atoms with Crippen molar-refractivity contribution in [1.29, 1.82) is 0 Å². The summed E-state index contributed by atoms with van der Waals surface area (Å²) in [5.41, 5.74) is 0.335. The van der Waals surface area contributed by atoms with Crippen molar-refractivity contribution in [3.05, 3.63) is 53.8 Å². The molecule has 1 aliphatic heterocycles. The average Bonchev–Trinajstić information content (AvgIpc) is 2.90. The Bertz CT molecular complexity index is 1190. The van der Waals surface area contributed by atoms with E-state index in [4.69, 9.17) is 9.47 Å². The number of halogens is 1. The van der Waals surface area contributed by atoms with E-state index in [1.807, 2.05) is 20.9 Å².